The van der Waals surface area contributed by atoms with Crippen LogP contribution >= 0.6 is 0 Å². The van der Waals surface area contributed by atoms with Gasteiger partial charge in [-0.3, -0.25) is 14.9 Å². The number of benzene rings is 2. The van der Waals surface area contributed by atoms with Gasteiger partial charge in [-0.25, -0.2) is 5.43 Å². The van der Waals surface area contributed by atoms with E-state index >= 15 is 0 Å². The monoisotopic (exact) mass is 365 g/mol. The molecule has 3 rings (SSSR count). The highest BCUT2D eigenvalue weighted by Crippen LogP contribution is 2.33. The van der Waals surface area contributed by atoms with Gasteiger partial charge in [-0.15, -0.1) is 0 Å². The lowest BCUT2D eigenvalue weighted by atomic mass is 10.1. The molecule has 1 amide bonds. The Hall–Kier alpha value is -3.94. The molecule has 0 bridgehead atoms. The number of carbonyl (C=O) groups excluding carboxylic acids is 1. The number of nitrogens with one attached hydrogen (secondary N) is 1. The zero-order valence-corrected chi connectivity index (χ0v) is 14.3. The first-order valence-corrected chi connectivity index (χ1v) is 7.89. The number of methoxy groups -OCH3 is 1. The number of hydrogen-bond donors (Lipinski definition) is 1. The number of nitro benzene ring substituents is 1. The molecule has 1 aromatic heterocycles. The number of hydrazone groups is 1. The lowest BCUT2D eigenvalue weighted by molar-refractivity contribution is -0.384. The molecule has 27 heavy (non-hydrogen) atoms. The molecule has 0 fully saturated rings. The van der Waals surface area contributed by atoms with Crippen LogP contribution < -0.4 is 10.2 Å². The Labute approximate surface area is 154 Å². The Bertz CT molecular complexity index is 996. The Morgan fingerprint density at radius 3 is 2.67 bits per heavy atom. The lowest BCUT2D eigenvalue weighted by Gasteiger charge is -2.05. The molecule has 8 heteroatoms. The summed E-state index contributed by atoms with van der Waals surface area (Å²) in [6, 6.07) is 16.3. The SMILES string of the molecule is COc1cc([N+](=O)[O-])ccc1-c1ccc(C=NNC(=O)c2ccccc2)o1. The highest BCUT2D eigenvalue weighted by atomic mass is 16.6. The molecule has 0 aliphatic rings. The van der Waals surface area contributed by atoms with E-state index in [0.717, 1.165) is 0 Å². The summed E-state index contributed by atoms with van der Waals surface area (Å²) in [6.45, 7) is 0. The van der Waals surface area contributed by atoms with Gasteiger partial charge in [-0.05, 0) is 30.3 Å². The molecule has 3 aromatic rings. The second kappa shape index (κ2) is 7.96. The molecular weight excluding hydrogens is 350 g/mol. The van der Waals surface area contributed by atoms with Crippen LogP contribution in [-0.4, -0.2) is 24.2 Å². The topological polar surface area (TPSA) is 107 Å². The van der Waals surface area contributed by atoms with Gasteiger partial charge in [-0.1, -0.05) is 18.2 Å². The molecule has 1 N–H and O–H groups in total. The average Bonchev–Trinajstić information content (AvgIpc) is 3.16. The Morgan fingerprint density at radius 1 is 1.19 bits per heavy atom. The van der Waals surface area contributed by atoms with E-state index in [0.29, 0.717) is 28.4 Å². The van der Waals surface area contributed by atoms with E-state index in [-0.39, 0.29) is 11.6 Å². The molecule has 0 aliphatic carbocycles. The maximum Gasteiger partial charge on any atom is 0.273 e. The smallest absolute Gasteiger partial charge is 0.273 e. The minimum atomic E-state index is -0.498. The highest BCUT2D eigenvalue weighted by Gasteiger charge is 2.15. The normalized spacial score (nSPS) is 10.7. The predicted molar refractivity (Wildman–Crippen MR) is 98.9 cm³/mol. The Kier molecular flexibility index (Phi) is 5.27. The Morgan fingerprint density at radius 2 is 1.96 bits per heavy atom. The van der Waals surface area contributed by atoms with Crippen LogP contribution in [0.4, 0.5) is 5.69 Å². The second-order valence-corrected chi connectivity index (χ2v) is 5.41. The number of rotatable bonds is 6. The van der Waals surface area contributed by atoms with Crippen molar-refractivity contribution in [1.82, 2.24) is 5.43 Å². The standard InChI is InChI=1S/C19H15N3O5/c1-26-18-11-14(22(24)25)7-9-16(18)17-10-8-15(27-17)12-20-21-19(23)13-5-3-2-4-6-13/h2-12H,1H3,(H,21,23). The van der Waals surface area contributed by atoms with Gasteiger partial charge in [0.15, 0.2) is 0 Å². The van der Waals surface area contributed by atoms with Gasteiger partial charge in [0.25, 0.3) is 11.6 Å². The first-order valence-electron chi connectivity index (χ1n) is 7.89. The molecule has 0 unspecified atom stereocenters. The summed E-state index contributed by atoms with van der Waals surface area (Å²) in [6.07, 6.45) is 1.36. The number of furan rings is 1. The number of carbonyl (C=O) groups is 1. The summed E-state index contributed by atoms with van der Waals surface area (Å²) in [7, 11) is 1.42. The van der Waals surface area contributed by atoms with Gasteiger partial charge < -0.3 is 9.15 Å². The van der Waals surface area contributed by atoms with E-state index in [4.69, 9.17) is 9.15 Å². The van der Waals surface area contributed by atoms with Gasteiger partial charge in [0.1, 0.15) is 17.3 Å². The van der Waals surface area contributed by atoms with Gasteiger partial charge >= 0.3 is 0 Å². The van der Waals surface area contributed by atoms with Crippen molar-refractivity contribution in [3.8, 4) is 17.1 Å². The summed E-state index contributed by atoms with van der Waals surface area (Å²) in [4.78, 5) is 22.3. The van der Waals surface area contributed by atoms with Crippen molar-refractivity contribution < 1.29 is 18.9 Å². The first kappa shape index (κ1) is 17.9. The molecule has 0 aliphatic heterocycles. The average molecular weight is 365 g/mol. The molecule has 1 heterocycles. The number of nitrogens with zero attached hydrogens (tertiary/aromatic N) is 2. The van der Waals surface area contributed by atoms with Crippen molar-refractivity contribution in [2.45, 2.75) is 0 Å². The highest BCUT2D eigenvalue weighted by molar-refractivity contribution is 5.94. The van der Waals surface area contributed by atoms with Gasteiger partial charge in [-0.2, -0.15) is 5.10 Å². The number of hydrogen-bond acceptors (Lipinski definition) is 6. The summed E-state index contributed by atoms with van der Waals surface area (Å²) in [5, 5.41) is 14.7. The third-order valence-electron chi connectivity index (χ3n) is 3.68. The minimum Gasteiger partial charge on any atom is -0.496 e. The van der Waals surface area contributed by atoms with E-state index in [1.54, 1.807) is 42.5 Å². The predicted octanol–water partition coefficient (Wildman–Crippen LogP) is 3.63. The largest absolute Gasteiger partial charge is 0.496 e. The number of nitro groups is 1. The van der Waals surface area contributed by atoms with Crippen LogP contribution in [0.2, 0.25) is 0 Å². The molecule has 0 saturated carbocycles. The lowest BCUT2D eigenvalue weighted by Crippen LogP contribution is -2.17. The van der Waals surface area contributed by atoms with E-state index in [1.165, 1.54) is 25.5 Å². The third kappa shape index (κ3) is 4.18. The number of amides is 1. The van der Waals surface area contributed by atoms with Crippen molar-refractivity contribution in [3.63, 3.8) is 0 Å². The van der Waals surface area contributed by atoms with Gasteiger partial charge in [0.2, 0.25) is 0 Å². The van der Waals surface area contributed by atoms with E-state index < -0.39 is 4.92 Å². The maximum absolute atomic E-state index is 11.9. The minimum absolute atomic E-state index is 0.0763. The first-order chi connectivity index (χ1) is 13.1. The molecule has 0 spiro atoms. The van der Waals surface area contributed by atoms with Crippen molar-refractivity contribution >= 4 is 17.8 Å². The van der Waals surface area contributed by atoms with Crippen LogP contribution in [0.25, 0.3) is 11.3 Å². The van der Waals surface area contributed by atoms with Crippen molar-refractivity contribution in [2.24, 2.45) is 5.10 Å². The van der Waals surface area contributed by atoms with Crippen LogP contribution in [0, 0.1) is 10.1 Å². The molecule has 0 saturated heterocycles. The number of ether oxygens (including phenoxy) is 1. The summed E-state index contributed by atoms with van der Waals surface area (Å²) in [5.74, 6) is 0.839. The van der Waals surface area contributed by atoms with Gasteiger partial charge in [0.05, 0.1) is 29.9 Å². The van der Waals surface area contributed by atoms with E-state index in [2.05, 4.69) is 10.5 Å². The molecule has 8 nitrogen and oxygen atoms in total. The molecule has 136 valence electrons. The molecule has 0 radical (unpaired) electrons. The third-order valence-corrected chi connectivity index (χ3v) is 3.68. The van der Waals surface area contributed by atoms with E-state index in [9.17, 15) is 14.9 Å². The van der Waals surface area contributed by atoms with Crippen LogP contribution in [0.1, 0.15) is 16.1 Å². The summed E-state index contributed by atoms with van der Waals surface area (Å²) < 4.78 is 10.9. The quantitative estimate of drug-likeness (QED) is 0.408. The zero-order valence-electron chi connectivity index (χ0n) is 14.3. The summed E-state index contributed by atoms with van der Waals surface area (Å²) >= 11 is 0. The fourth-order valence-electron chi connectivity index (χ4n) is 2.37. The van der Waals surface area contributed by atoms with Crippen LogP contribution in [-0.2, 0) is 0 Å². The fourth-order valence-corrected chi connectivity index (χ4v) is 2.37. The summed E-state index contributed by atoms with van der Waals surface area (Å²) in [5.41, 5.74) is 3.39. The molecular formula is C19H15N3O5. The second-order valence-electron chi connectivity index (χ2n) is 5.41. The van der Waals surface area contributed by atoms with Gasteiger partial charge in [0, 0.05) is 11.6 Å². The maximum atomic E-state index is 11.9. The molecule has 2 aromatic carbocycles. The van der Waals surface area contributed by atoms with Crippen molar-refractivity contribution in [3.05, 3.63) is 82.1 Å². The van der Waals surface area contributed by atoms with Crippen LogP contribution in [0.5, 0.6) is 5.75 Å². The van der Waals surface area contributed by atoms with Crippen molar-refractivity contribution in [2.75, 3.05) is 7.11 Å². The fraction of sp³-hybridized carbons (Fsp3) is 0.0526. The number of non-ortho nitro benzene ring substituents is 1. The Balaban J connectivity index is 1.73. The van der Waals surface area contributed by atoms with E-state index in [1.807, 2.05) is 6.07 Å². The van der Waals surface area contributed by atoms with Crippen LogP contribution in [0.15, 0.2) is 70.2 Å². The zero-order chi connectivity index (χ0) is 19.2. The van der Waals surface area contributed by atoms with Crippen molar-refractivity contribution in [1.29, 1.82) is 0 Å². The molecule has 0 atom stereocenters. The van der Waals surface area contributed by atoms with Crippen LogP contribution in [0.3, 0.4) is 0 Å².